The number of unbranched alkanes of at least 4 members (excludes halogenated alkanes) is 1. The van der Waals surface area contributed by atoms with Crippen molar-refractivity contribution < 1.29 is 4.79 Å². The molecule has 0 bridgehead atoms. The topological polar surface area (TPSA) is 55.1 Å². The molecule has 0 heterocycles. The van der Waals surface area contributed by atoms with Crippen LogP contribution in [0.1, 0.15) is 30.4 Å². The van der Waals surface area contributed by atoms with Crippen LogP contribution in [-0.2, 0) is 11.2 Å². The summed E-state index contributed by atoms with van der Waals surface area (Å²) < 4.78 is 0. The van der Waals surface area contributed by atoms with Gasteiger partial charge >= 0.3 is 0 Å². The van der Waals surface area contributed by atoms with Gasteiger partial charge in [-0.15, -0.1) is 0 Å². The largest absolute Gasteiger partial charge is 0.294 e. The Bertz CT molecular complexity index is 578. The summed E-state index contributed by atoms with van der Waals surface area (Å²) in [5, 5.41) is 2.56. The van der Waals surface area contributed by atoms with Gasteiger partial charge in [-0.1, -0.05) is 42.0 Å². The van der Waals surface area contributed by atoms with Crippen molar-refractivity contribution in [1.29, 1.82) is 0 Å². The second-order valence-electron chi connectivity index (χ2n) is 4.96. The molecule has 3 heteroatoms. The van der Waals surface area contributed by atoms with Crippen LogP contribution >= 0.6 is 0 Å². The number of hydrazine groups is 1. The highest BCUT2D eigenvalue weighted by Gasteiger charge is 2.00. The zero-order chi connectivity index (χ0) is 13.7. The zero-order valence-corrected chi connectivity index (χ0v) is 11.3. The molecule has 0 saturated carbocycles. The van der Waals surface area contributed by atoms with E-state index in [1.807, 2.05) is 0 Å². The molecule has 19 heavy (non-hydrogen) atoms. The maximum absolute atomic E-state index is 11.0. The van der Waals surface area contributed by atoms with Crippen molar-refractivity contribution in [3.63, 3.8) is 0 Å². The van der Waals surface area contributed by atoms with Crippen molar-refractivity contribution in [2.45, 2.75) is 32.6 Å². The van der Waals surface area contributed by atoms with Crippen LogP contribution in [0, 0.1) is 6.92 Å². The Kier molecular flexibility index (Phi) is 4.53. The minimum atomic E-state index is -0.0889. The molecule has 1 amide bonds. The van der Waals surface area contributed by atoms with E-state index in [0.29, 0.717) is 6.42 Å². The summed E-state index contributed by atoms with van der Waals surface area (Å²) in [4.78, 5) is 11.0. The van der Waals surface area contributed by atoms with Gasteiger partial charge in [0.2, 0.25) is 5.91 Å². The summed E-state index contributed by atoms with van der Waals surface area (Å²) >= 11 is 0. The van der Waals surface area contributed by atoms with E-state index in [1.54, 1.807) is 0 Å². The molecule has 100 valence electrons. The van der Waals surface area contributed by atoms with Crippen LogP contribution in [0.5, 0.6) is 0 Å². The molecule has 3 N–H and O–H groups in total. The molecule has 0 atom stereocenters. The molecule has 0 aromatic heterocycles. The van der Waals surface area contributed by atoms with Gasteiger partial charge in [-0.2, -0.15) is 0 Å². The summed E-state index contributed by atoms with van der Waals surface area (Å²) in [5.74, 6) is 4.95. The van der Waals surface area contributed by atoms with Crippen LogP contribution in [0.2, 0.25) is 0 Å². The van der Waals surface area contributed by atoms with Crippen LogP contribution in [0.4, 0.5) is 0 Å². The summed E-state index contributed by atoms with van der Waals surface area (Å²) in [6, 6.07) is 13.1. The predicted molar refractivity (Wildman–Crippen MR) is 78.6 cm³/mol. The predicted octanol–water partition coefficient (Wildman–Crippen LogP) is 2.85. The van der Waals surface area contributed by atoms with Gasteiger partial charge < -0.3 is 0 Å². The number of benzene rings is 2. The van der Waals surface area contributed by atoms with E-state index in [0.717, 1.165) is 19.3 Å². The first kappa shape index (κ1) is 13.6. The monoisotopic (exact) mass is 256 g/mol. The highest BCUT2D eigenvalue weighted by Crippen LogP contribution is 2.19. The van der Waals surface area contributed by atoms with E-state index in [4.69, 9.17) is 5.84 Å². The summed E-state index contributed by atoms with van der Waals surface area (Å²) in [5.41, 5.74) is 4.76. The average molecular weight is 256 g/mol. The van der Waals surface area contributed by atoms with E-state index < -0.39 is 0 Å². The van der Waals surface area contributed by atoms with Crippen molar-refractivity contribution in [2.24, 2.45) is 5.84 Å². The van der Waals surface area contributed by atoms with Crippen LogP contribution in [0.3, 0.4) is 0 Å². The molecular weight excluding hydrogens is 236 g/mol. The van der Waals surface area contributed by atoms with E-state index in [9.17, 15) is 4.79 Å². The van der Waals surface area contributed by atoms with Gasteiger partial charge in [-0.05, 0) is 42.5 Å². The first-order valence-electron chi connectivity index (χ1n) is 6.68. The number of carbonyl (C=O) groups is 1. The lowest BCUT2D eigenvalue weighted by Crippen LogP contribution is -2.29. The van der Waals surface area contributed by atoms with E-state index in [-0.39, 0.29) is 5.91 Å². The number of fused-ring (bicyclic) bond motifs is 1. The first-order chi connectivity index (χ1) is 9.19. The Balaban J connectivity index is 1.94. The third-order valence-corrected chi connectivity index (χ3v) is 3.34. The zero-order valence-electron chi connectivity index (χ0n) is 11.3. The molecule has 3 nitrogen and oxygen atoms in total. The Morgan fingerprint density at radius 1 is 1.11 bits per heavy atom. The van der Waals surface area contributed by atoms with E-state index in [1.165, 1.54) is 21.9 Å². The van der Waals surface area contributed by atoms with Gasteiger partial charge in [0.15, 0.2) is 0 Å². The molecule has 0 aliphatic heterocycles. The number of rotatable bonds is 5. The number of nitrogens with one attached hydrogen (secondary N) is 1. The molecule has 0 radical (unpaired) electrons. The summed E-state index contributed by atoms with van der Waals surface area (Å²) in [6.45, 7) is 2.11. The van der Waals surface area contributed by atoms with Crippen molar-refractivity contribution >= 4 is 16.7 Å². The van der Waals surface area contributed by atoms with Crippen molar-refractivity contribution in [3.8, 4) is 0 Å². The fourth-order valence-electron chi connectivity index (χ4n) is 2.26. The molecule has 0 unspecified atom stereocenters. The van der Waals surface area contributed by atoms with Crippen molar-refractivity contribution in [3.05, 3.63) is 47.5 Å². The highest BCUT2D eigenvalue weighted by molar-refractivity contribution is 5.83. The molecule has 0 fully saturated rings. The fraction of sp³-hybridized carbons (Fsp3) is 0.312. The lowest BCUT2D eigenvalue weighted by Gasteiger charge is -2.05. The maximum atomic E-state index is 11.0. The highest BCUT2D eigenvalue weighted by atomic mass is 16.2. The average Bonchev–Trinajstić information content (AvgIpc) is 2.43. The Morgan fingerprint density at radius 3 is 2.63 bits per heavy atom. The third kappa shape index (κ3) is 3.80. The lowest BCUT2D eigenvalue weighted by molar-refractivity contribution is -0.121. The van der Waals surface area contributed by atoms with Crippen molar-refractivity contribution in [1.82, 2.24) is 5.43 Å². The second kappa shape index (κ2) is 6.34. The van der Waals surface area contributed by atoms with Crippen LogP contribution in [0.25, 0.3) is 10.8 Å². The molecule has 0 saturated heterocycles. The van der Waals surface area contributed by atoms with Gasteiger partial charge in [0.05, 0.1) is 0 Å². The number of aryl methyl sites for hydroxylation is 2. The molecule has 2 rings (SSSR count). The molecule has 0 spiro atoms. The van der Waals surface area contributed by atoms with Crippen LogP contribution in [-0.4, -0.2) is 5.91 Å². The molecule has 0 aliphatic rings. The SMILES string of the molecule is Cc1ccc2cc(CCCCC(=O)NN)ccc2c1. The Labute approximate surface area is 113 Å². The van der Waals surface area contributed by atoms with E-state index >= 15 is 0 Å². The quantitative estimate of drug-likeness (QED) is 0.374. The number of amides is 1. The van der Waals surface area contributed by atoms with Gasteiger partial charge in [0, 0.05) is 6.42 Å². The third-order valence-electron chi connectivity index (χ3n) is 3.34. The summed E-state index contributed by atoms with van der Waals surface area (Å²) in [6.07, 6.45) is 3.38. The van der Waals surface area contributed by atoms with Crippen molar-refractivity contribution in [2.75, 3.05) is 0 Å². The second-order valence-corrected chi connectivity index (χ2v) is 4.96. The number of hydrogen-bond acceptors (Lipinski definition) is 2. The number of nitrogens with two attached hydrogens (primary N) is 1. The van der Waals surface area contributed by atoms with Gasteiger partial charge in [-0.25, -0.2) is 5.84 Å². The van der Waals surface area contributed by atoms with E-state index in [2.05, 4.69) is 48.7 Å². The first-order valence-corrected chi connectivity index (χ1v) is 6.68. The standard InChI is InChI=1S/C16H20N2O/c1-12-6-8-15-11-13(7-9-14(15)10-12)4-2-3-5-16(19)18-17/h6-11H,2-5,17H2,1H3,(H,18,19). The molecule has 0 aliphatic carbocycles. The minimum Gasteiger partial charge on any atom is -0.294 e. The Hall–Kier alpha value is -1.87. The molecular formula is C16H20N2O. The molecule has 2 aromatic rings. The number of hydrogen-bond donors (Lipinski definition) is 2. The smallest absolute Gasteiger partial charge is 0.233 e. The van der Waals surface area contributed by atoms with Gasteiger partial charge in [0.1, 0.15) is 0 Å². The van der Waals surface area contributed by atoms with Gasteiger partial charge in [0.25, 0.3) is 0 Å². The van der Waals surface area contributed by atoms with Gasteiger partial charge in [-0.3, -0.25) is 10.2 Å². The fourth-order valence-corrected chi connectivity index (χ4v) is 2.26. The maximum Gasteiger partial charge on any atom is 0.233 e. The number of carbonyl (C=O) groups excluding carboxylic acids is 1. The normalized spacial score (nSPS) is 10.6. The lowest BCUT2D eigenvalue weighted by atomic mass is 10.0. The molecule has 2 aromatic carbocycles. The Morgan fingerprint density at radius 2 is 1.84 bits per heavy atom. The minimum absolute atomic E-state index is 0.0889. The van der Waals surface area contributed by atoms with Crippen LogP contribution < -0.4 is 11.3 Å². The van der Waals surface area contributed by atoms with Crippen LogP contribution in [0.15, 0.2) is 36.4 Å². The summed E-state index contributed by atoms with van der Waals surface area (Å²) in [7, 11) is 0.